The molecule has 0 saturated carbocycles. The molecule has 0 atom stereocenters. The van der Waals surface area contributed by atoms with Crippen LogP contribution >= 0.6 is 11.8 Å². The van der Waals surface area contributed by atoms with Gasteiger partial charge in [-0.15, -0.1) is 16.9 Å². The van der Waals surface area contributed by atoms with Gasteiger partial charge in [0, 0.05) is 17.1 Å². The maximum absolute atomic E-state index is 12.6. The largest absolute Gasteiger partial charge is 0.451 e. The number of aryl methyl sites for hydroxylation is 1. The Morgan fingerprint density at radius 1 is 1.03 bits per heavy atom. The number of amides is 2. The number of benzene rings is 2. The zero-order valence-electron chi connectivity index (χ0n) is 17.3. The van der Waals surface area contributed by atoms with Crippen molar-refractivity contribution in [3.05, 3.63) is 72.1 Å². The van der Waals surface area contributed by atoms with Gasteiger partial charge in [-0.05, 0) is 41.1 Å². The van der Waals surface area contributed by atoms with Gasteiger partial charge in [-0.25, -0.2) is 4.79 Å². The van der Waals surface area contributed by atoms with Crippen molar-refractivity contribution in [2.75, 3.05) is 12.4 Å². The summed E-state index contributed by atoms with van der Waals surface area (Å²) in [6.07, 6.45) is 1.71. The first-order chi connectivity index (χ1) is 15.5. The van der Waals surface area contributed by atoms with E-state index in [0.717, 1.165) is 10.5 Å². The van der Waals surface area contributed by atoms with E-state index in [4.69, 9.17) is 4.74 Å². The molecule has 0 radical (unpaired) electrons. The summed E-state index contributed by atoms with van der Waals surface area (Å²) in [5, 5.41) is 13.3. The molecular formula is C22H21N5O4S. The van der Waals surface area contributed by atoms with Crippen LogP contribution in [0.2, 0.25) is 0 Å². The molecule has 1 aromatic heterocycles. The van der Waals surface area contributed by atoms with Gasteiger partial charge in [-0.1, -0.05) is 48.5 Å². The van der Waals surface area contributed by atoms with Crippen molar-refractivity contribution in [3.8, 4) is 0 Å². The fourth-order valence-electron chi connectivity index (χ4n) is 2.61. The van der Waals surface area contributed by atoms with Gasteiger partial charge in [-0.2, -0.15) is 4.68 Å². The van der Waals surface area contributed by atoms with E-state index in [2.05, 4.69) is 20.8 Å². The highest BCUT2D eigenvalue weighted by atomic mass is 32.2. The highest BCUT2D eigenvalue weighted by Gasteiger charge is 2.19. The van der Waals surface area contributed by atoms with Crippen LogP contribution in [0, 0.1) is 6.92 Å². The van der Waals surface area contributed by atoms with Crippen LogP contribution in [0.1, 0.15) is 17.8 Å². The number of ether oxygens (including phenoxy) is 1. The molecule has 0 bridgehead atoms. The summed E-state index contributed by atoms with van der Waals surface area (Å²) in [5.74, 6) is -1.05. The van der Waals surface area contributed by atoms with E-state index in [9.17, 15) is 14.4 Å². The van der Waals surface area contributed by atoms with Crippen molar-refractivity contribution in [2.45, 2.75) is 18.2 Å². The van der Waals surface area contributed by atoms with Gasteiger partial charge in [0.2, 0.25) is 5.91 Å². The Morgan fingerprint density at radius 3 is 2.38 bits per heavy atom. The highest BCUT2D eigenvalue weighted by molar-refractivity contribution is 7.99. The maximum atomic E-state index is 12.6. The van der Waals surface area contributed by atoms with Crippen molar-refractivity contribution in [3.63, 3.8) is 0 Å². The smallest absolute Gasteiger partial charge is 0.357 e. The first-order valence-electron chi connectivity index (χ1n) is 9.72. The monoisotopic (exact) mass is 451 g/mol. The third-order valence-electron chi connectivity index (χ3n) is 4.12. The lowest BCUT2D eigenvalue weighted by molar-refractivity contribution is -0.144. The lowest BCUT2D eigenvalue weighted by Crippen LogP contribution is -2.34. The normalized spacial score (nSPS) is 11.1. The van der Waals surface area contributed by atoms with Crippen molar-refractivity contribution < 1.29 is 19.1 Å². The number of nitrogens with zero attached hydrogens (tertiary/aromatic N) is 4. The molecule has 10 heteroatoms. The molecule has 0 aliphatic heterocycles. The summed E-state index contributed by atoms with van der Waals surface area (Å²) in [6.45, 7) is 1.02. The molecule has 0 saturated heterocycles. The zero-order chi connectivity index (χ0) is 22.8. The number of carbonyl (C=O) groups is 3. The summed E-state index contributed by atoms with van der Waals surface area (Å²) in [7, 11) is 0. The molecule has 0 spiro atoms. The average molecular weight is 452 g/mol. The Hall–Kier alpha value is -3.79. The van der Waals surface area contributed by atoms with Crippen LogP contribution in [-0.4, -0.2) is 50.4 Å². The molecule has 0 fully saturated rings. The fourth-order valence-corrected chi connectivity index (χ4v) is 3.48. The standard InChI is InChI=1S/C22H21N5O4S/c1-16-24-25-26-27(16)19(14-17-8-4-2-5-9-17)22(30)31-15-21(29)23-20(28)12-13-32-18-10-6-3-7-11-18/h2-11,14H,12-13,15H2,1H3,(H,23,28,29). The van der Waals surface area contributed by atoms with Crippen LogP contribution in [0.15, 0.2) is 65.6 Å². The molecule has 1 N–H and O–H groups in total. The van der Waals surface area contributed by atoms with Crippen LogP contribution in [0.3, 0.4) is 0 Å². The van der Waals surface area contributed by atoms with Crippen LogP contribution in [0.5, 0.6) is 0 Å². The Bertz CT molecular complexity index is 1100. The van der Waals surface area contributed by atoms with Crippen LogP contribution < -0.4 is 5.32 Å². The number of carbonyl (C=O) groups excluding carboxylic acids is 3. The Morgan fingerprint density at radius 2 is 1.72 bits per heavy atom. The van der Waals surface area contributed by atoms with E-state index in [1.807, 2.05) is 48.5 Å². The van der Waals surface area contributed by atoms with E-state index in [1.165, 1.54) is 16.4 Å². The molecule has 2 aromatic carbocycles. The van der Waals surface area contributed by atoms with E-state index in [0.29, 0.717) is 11.6 Å². The van der Waals surface area contributed by atoms with Gasteiger partial charge in [0.25, 0.3) is 5.91 Å². The first-order valence-corrected chi connectivity index (χ1v) is 10.7. The predicted molar refractivity (Wildman–Crippen MR) is 119 cm³/mol. The van der Waals surface area contributed by atoms with Crippen LogP contribution in [0.25, 0.3) is 11.8 Å². The zero-order valence-corrected chi connectivity index (χ0v) is 18.1. The summed E-state index contributed by atoms with van der Waals surface area (Å²) in [6, 6.07) is 18.7. The summed E-state index contributed by atoms with van der Waals surface area (Å²) in [4.78, 5) is 37.7. The second-order valence-electron chi connectivity index (χ2n) is 6.54. The lowest BCUT2D eigenvalue weighted by Gasteiger charge is -2.09. The quantitative estimate of drug-likeness (QED) is 0.299. The van der Waals surface area contributed by atoms with Crippen LogP contribution in [0.4, 0.5) is 0 Å². The molecule has 3 rings (SSSR count). The van der Waals surface area contributed by atoms with E-state index < -0.39 is 24.4 Å². The average Bonchev–Trinajstić information content (AvgIpc) is 3.22. The lowest BCUT2D eigenvalue weighted by atomic mass is 10.2. The third kappa shape index (κ3) is 6.88. The van der Waals surface area contributed by atoms with E-state index >= 15 is 0 Å². The van der Waals surface area contributed by atoms with E-state index in [1.54, 1.807) is 25.1 Å². The predicted octanol–water partition coefficient (Wildman–Crippen LogP) is 2.35. The number of tetrazole rings is 1. The van der Waals surface area contributed by atoms with Gasteiger partial charge in [0.05, 0.1) is 0 Å². The molecule has 164 valence electrons. The second-order valence-corrected chi connectivity index (χ2v) is 7.71. The molecule has 0 aliphatic carbocycles. The van der Waals surface area contributed by atoms with Gasteiger partial charge < -0.3 is 4.74 Å². The highest BCUT2D eigenvalue weighted by Crippen LogP contribution is 2.17. The minimum absolute atomic E-state index is 0.0390. The van der Waals surface area contributed by atoms with Gasteiger partial charge in [-0.3, -0.25) is 14.9 Å². The molecular weight excluding hydrogens is 430 g/mol. The Labute approximate surface area is 188 Å². The number of hydrogen-bond acceptors (Lipinski definition) is 8. The minimum atomic E-state index is -0.800. The summed E-state index contributed by atoms with van der Waals surface area (Å²) >= 11 is 1.51. The first kappa shape index (κ1) is 22.9. The number of nitrogens with one attached hydrogen (secondary N) is 1. The van der Waals surface area contributed by atoms with Crippen molar-refractivity contribution in [1.82, 2.24) is 25.5 Å². The van der Waals surface area contributed by atoms with Gasteiger partial charge in [0.1, 0.15) is 0 Å². The number of rotatable bonds is 9. The maximum Gasteiger partial charge on any atom is 0.357 e. The molecule has 9 nitrogen and oxygen atoms in total. The Balaban J connectivity index is 1.53. The van der Waals surface area contributed by atoms with Crippen molar-refractivity contribution in [2.24, 2.45) is 0 Å². The fraction of sp³-hybridized carbons (Fsp3) is 0.182. The number of esters is 1. The summed E-state index contributed by atoms with van der Waals surface area (Å²) in [5.41, 5.74) is 0.766. The summed E-state index contributed by atoms with van der Waals surface area (Å²) < 4.78 is 6.32. The van der Waals surface area contributed by atoms with Gasteiger partial charge >= 0.3 is 5.97 Å². The Kier molecular flexibility index (Phi) is 8.27. The topological polar surface area (TPSA) is 116 Å². The molecule has 2 amide bonds. The minimum Gasteiger partial charge on any atom is -0.451 e. The number of hydrogen-bond donors (Lipinski definition) is 1. The number of thioether (sulfide) groups is 1. The molecule has 32 heavy (non-hydrogen) atoms. The van der Waals surface area contributed by atoms with E-state index in [-0.39, 0.29) is 12.1 Å². The van der Waals surface area contributed by atoms with Gasteiger partial charge in [0.15, 0.2) is 18.1 Å². The van der Waals surface area contributed by atoms with Crippen LogP contribution in [-0.2, 0) is 19.1 Å². The molecule has 3 aromatic rings. The molecule has 0 unspecified atom stereocenters. The number of aromatic nitrogens is 4. The third-order valence-corrected chi connectivity index (χ3v) is 5.13. The number of imide groups is 1. The molecule has 0 aliphatic rings. The van der Waals surface area contributed by atoms with Crippen molar-refractivity contribution >= 4 is 41.3 Å². The SMILES string of the molecule is Cc1nnnn1C(=Cc1ccccc1)C(=O)OCC(=O)NC(=O)CCSc1ccccc1. The van der Waals surface area contributed by atoms with Crippen molar-refractivity contribution in [1.29, 1.82) is 0 Å². The molecule has 1 heterocycles. The second kappa shape index (κ2) is 11.6.